The molecule has 0 radical (unpaired) electrons. The summed E-state index contributed by atoms with van der Waals surface area (Å²) in [7, 11) is 5.84. The van der Waals surface area contributed by atoms with Gasteiger partial charge in [0.25, 0.3) is 0 Å². The molecule has 7 nitrogen and oxygen atoms in total. The number of rotatable bonds is 11. The lowest BCUT2D eigenvalue weighted by Crippen LogP contribution is -2.51. The highest BCUT2D eigenvalue weighted by Gasteiger charge is 2.62. The lowest BCUT2D eigenvalue weighted by Gasteiger charge is -2.53. The maximum atomic E-state index is 12.2. The molecule has 0 amide bonds. The summed E-state index contributed by atoms with van der Waals surface area (Å²) in [6.45, 7) is 9.81. The van der Waals surface area contributed by atoms with Crippen LogP contribution in [0, 0.1) is 29.1 Å². The lowest BCUT2D eigenvalue weighted by atomic mass is 9.51. The Morgan fingerprint density at radius 1 is 1.04 bits per heavy atom. The van der Waals surface area contributed by atoms with Crippen molar-refractivity contribution in [3.63, 3.8) is 0 Å². The van der Waals surface area contributed by atoms with Crippen molar-refractivity contribution in [2.45, 2.75) is 103 Å². The highest BCUT2D eigenvalue weighted by atomic mass is 16.5. The van der Waals surface area contributed by atoms with Crippen LogP contribution < -0.4 is 15.0 Å². The lowest BCUT2D eigenvalue weighted by molar-refractivity contribution is -0.114. The van der Waals surface area contributed by atoms with Gasteiger partial charge in [0.2, 0.25) is 0 Å². The van der Waals surface area contributed by atoms with E-state index in [1.165, 1.54) is 28.0 Å². The van der Waals surface area contributed by atoms with E-state index in [1.54, 1.807) is 12.7 Å². The average Bonchev–Trinajstić information content (AvgIpc) is 3.38. The van der Waals surface area contributed by atoms with Crippen molar-refractivity contribution in [2.24, 2.45) is 17.3 Å². The summed E-state index contributed by atoms with van der Waals surface area (Å²) in [4.78, 5) is 14.3. The molecule has 7 heteroatoms. The molecule has 4 aliphatic rings. The summed E-state index contributed by atoms with van der Waals surface area (Å²) in [6, 6.07) is 17.2. The molecule has 4 aliphatic carbocycles. The van der Waals surface area contributed by atoms with E-state index in [0.29, 0.717) is 37.5 Å². The summed E-state index contributed by atoms with van der Waals surface area (Å²) in [5.74, 6) is 8.54. The average molecular weight is 697 g/mol. The molecule has 0 aliphatic heterocycles. The van der Waals surface area contributed by atoms with Gasteiger partial charge in [-0.25, -0.2) is 0 Å². The number of aliphatic hydroxyl groups is 2. The number of hydrogen-bond acceptors (Lipinski definition) is 7. The van der Waals surface area contributed by atoms with E-state index < -0.39 is 11.7 Å². The number of anilines is 1. The molecule has 0 heterocycles. The van der Waals surface area contributed by atoms with Gasteiger partial charge >= 0.3 is 0 Å². The van der Waals surface area contributed by atoms with Crippen LogP contribution in [0.25, 0.3) is 0 Å². The van der Waals surface area contributed by atoms with E-state index in [-0.39, 0.29) is 17.1 Å². The first-order chi connectivity index (χ1) is 24.4. The monoisotopic (exact) mass is 696 g/mol. The van der Waals surface area contributed by atoms with Crippen molar-refractivity contribution in [1.29, 1.82) is 0 Å². The van der Waals surface area contributed by atoms with Gasteiger partial charge in [0.1, 0.15) is 24.1 Å². The predicted molar refractivity (Wildman–Crippen MR) is 206 cm³/mol. The topological polar surface area (TPSA) is 91.3 Å². The van der Waals surface area contributed by atoms with Crippen LogP contribution in [0.15, 0.2) is 71.3 Å². The zero-order valence-corrected chi connectivity index (χ0v) is 31.9. The smallest absolute Gasteiger partial charge is 0.156 e. The van der Waals surface area contributed by atoms with Gasteiger partial charge < -0.3 is 29.9 Å². The molecule has 0 saturated heterocycles. The Labute approximate surface area is 306 Å². The number of carbonyl (C=O) groups is 1. The molecular formula is C44H60N2O5. The molecule has 2 aromatic carbocycles. The largest absolute Gasteiger partial charge is 0.491 e. The van der Waals surface area contributed by atoms with Crippen LogP contribution in [0.1, 0.15) is 89.7 Å². The van der Waals surface area contributed by atoms with Gasteiger partial charge in [0.05, 0.1) is 6.61 Å². The van der Waals surface area contributed by atoms with E-state index in [4.69, 9.17) is 9.47 Å². The van der Waals surface area contributed by atoms with Crippen molar-refractivity contribution in [2.75, 3.05) is 45.9 Å². The second kappa shape index (κ2) is 16.9. The number of aliphatic hydroxyl groups excluding tert-OH is 1. The fourth-order valence-electron chi connectivity index (χ4n) is 8.98. The van der Waals surface area contributed by atoms with Gasteiger partial charge in [-0.15, -0.1) is 5.92 Å². The van der Waals surface area contributed by atoms with Crippen LogP contribution in [0.4, 0.5) is 5.69 Å². The van der Waals surface area contributed by atoms with Gasteiger partial charge in [0.15, 0.2) is 5.78 Å². The Hall–Kier alpha value is -3.41. The Balaban J connectivity index is 0.000000228. The third-order valence-electron chi connectivity index (χ3n) is 11.8. The van der Waals surface area contributed by atoms with E-state index in [0.717, 1.165) is 57.3 Å². The highest BCUT2D eigenvalue weighted by Crippen LogP contribution is 2.66. The van der Waals surface area contributed by atoms with Crippen molar-refractivity contribution in [1.82, 2.24) is 5.32 Å². The number of nitrogens with zero attached hydrogens (tertiary/aromatic N) is 1. The van der Waals surface area contributed by atoms with Crippen LogP contribution in [-0.4, -0.2) is 74.7 Å². The molecule has 3 N–H and O–H groups in total. The number of ketones is 1. The Kier molecular flexibility index (Phi) is 12.9. The quantitative estimate of drug-likeness (QED) is 0.218. The second-order valence-corrected chi connectivity index (χ2v) is 15.7. The van der Waals surface area contributed by atoms with E-state index in [9.17, 15) is 15.0 Å². The van der Waals surface area contributed by atoms with Crippen molar-refractivity contribution >= 4 is 11.5 Å². The van der Waals surface area contributed by atoms with Crippen molar-refractivity contribution < 1.29 is 24.5 Å². The maximum Gasteiger partial charge on any atom is 0.156 e. The zero-order chi connectivity index (χ0) is 36.8. The van der Waals surface area contributed by atoms with Gasteiger partial charge in [-0.3, -0.25) is 4.79 Å². The second-order valence-electron chi connectivity index (χ2n) is 15.7. The van der Waals surface area contributed by atoms with Crippen LogP contribution in [0.2, 0.25) is 0 Å². The number of carbonyl (C=O) groups excluding carboxylic acids is 1. The molecule has 0 bridgehead atoms. The van der Waals surface area contributed by atoms with Gasteiger partial charge in [-0.1, -0.05) is 56.5 Å². The highest BCUT2D eigenvalue weighted by molar-refractivity contribution is 5.93. The minimum atomic E-state index is -0.914. The van der Waals surface area contributed by atoms with Crippen LogP contribution in [0.5, 0.6) is 5.75 Å². The molecular weight excluding hydrogens is 636 g/mol. The molecule has 276 valence electrons. The summed E-state index contributed by atoms with van der Waals surface area (Å²) in [6.07, 6.45) is 8.64. The molecule has 2 fully saturated rings. The molecule has 2 saturated carbocycles. The summed E-state index contributed by atoms with van der Waals surface area (Å²) < 4.78 is 10.6. The summed E-state index contributed by atoms with van der Waals surface area (Å²) in [5, 5.41) is 24.6. The minimum absolute atomic E-state index is 0.221. The third kappa shape index (κ3) is 8.80. The first-order valence-corrected chi connectivity index (χ1v) is 18.9. The maximum absolute atomic E-state index is 12.2. The normalized spacial score (nSPS) is 27.2. The van der Waals surface area contributed by atoms with Crippen molar-refractivity contribution in [3.8, 4) is 17.6 Å². The van der Waals surface area contributed by atoms with E-state index >= 15 is 0 Å². The first kappa shape index (κ1) is 38.8. The number of fused-ring (bicyclic) bond motifs is 4. The molecule has 2 aromatic rings. The number of ether oxygens (including phenoxy) is 2. The van der Waals surface area contributed by atoms with E-state index in [1.807, 2.05) is 51.1 Å². The molecule has 0 aromatic heterocycles. The minimum Gasteiger partial charge on any atom is -0.491 e. The van der Waals surface area contributed by atoms with Crippen LogP contribution in [0.3, 0.4) is 0 Å². The first-order valence-electron chi connectivity index (χ1n) is 18.9. The summed E-state index contributed by atoms with van der Waals surface area (Å²) in [5.41, 5.74) is 6.93. The molecule has 1 unspecified atom stereocenters. The third-order valence-corrected chi connectivity index (χ3v) is 11.8. The molecule has 6 atom stereocenters. The van der Waals surface area contributed by atoms with Gasteiger partial charge in [-0.05, 0) is 116 Å². The Morgan fingerprint density at radius 3 is 2.41 bits per heavy atom. The fourth-order valence-corrected chi connectivity index (χ4v) is 8.98. The number of methoxy groups -OCH3 is 1. The molecule has 6 rings (SSSR count). The summed E-state index contributed by atoms with van der Waals surface area (Å²) >= 11 is 0. The van der Waals surface area contributed by atoms with Crippen molar-refractivity contribution in [3.05, 3.63) is 82.5 Å². The standard InChI is InChI=1S/C29H35NO2.C15H25NO3/c1-5-15-29(32)16-14-26-24-12-8-20-17-22(31)11-13-23(20)27(24)25(18-28(26,29)2)19-6-9-21(10-7-19)30(3)4;1-12(2)16-10-14(17)11-19-15-6-4-13(5-7-15)8-9-18-3/h6-7,9-10,17,24-26,32H,8,11-14,16,18H2,1-4H3;4-7,12,14,16-17H,8-11H2,1-3H3/t24-,25+,26-,28-,29-;/m0./s1. The van der Waals surface area contributed by atoms with E-state index in [2.05, 4.69) is 67.3 Å². The number of allylic oxidation sites excluding steroid dienone is 4. The number of nitrogens with one attached hydrogen (secondary N) is 1. The van der Waals surface area contributed by atoms with Gasteiger partial charge in [0, 0.05) is 57.2 Å². The SMILES string of the molecule is CC#C[C@]1(O)CC[C@H]2[C@@H]3CCC4=CC(=O)CCC4=C3[C@@H](c3ccc(N(C)C)cc3)C[C@@]21C.COCCc1ccc(OCC(O)CNC(C)C)cc1. The Bertz CT molecular complexity index is 1620. The zero-order valence-electron chi connectivity index (χ0n) is 31.9. The number of hydrogen-bond donors (Lipinski definition) is 3. The predicted octanol–water partition coefficient (Wildman–Crippen LogP) is 7.02. The molecule has 0 spiro atoms. The van der Waals surface area contributed by atoms with Gasteiger partial charge in [-0.2, -0.15) is 0 Å². The van der Waals surface area contributed by atoms with Crippen LogP contribution >= 0.6 is 0 Å². The fraction of sp³-hybridized carbons (Fsp3) is 0.568. The number of benzene rings is 2. The Morgan fingerprint density at radius 2 is 1.76 bits per heavy atom. The molecule has 51 heavy (non-hydrogen) atoms. The van der Waals surface area contributed by atoms with Crippen LogP contribution in [-0.2, 0) is 16.0 Å².